The molecular weight excluding hydrogens is 282 g/mol. The van der Waals surface area contributed by atoms with Crippen LogP contribution in [0.2, 0.25) is 0 Å². The molecule has 0 bridgehead atoms. The van der Waals surface area contributed by atoms with Crippen molar-refractivity contribution in [3.8, 4) is 0 Å². The second kappa shape index (κ2) is 5.85. The highest BCUT2D eigenvalue weighted by atomic mass is 16.6. The molecule has 0 aliphatic carbocycles. The van der Waals surface area contributed by atoms with E-state index < -0.39 is 0 Å². The van der Waals surface area contributed by atoms with Crippen molar-refractivity contribution in [1.29, 1.82) is 0 Å². The lowest BCUT2D eigenvalue weighted by atomic mass is 10.1. The van der Waals surface area contributed by atoms with Gasteiger partial charge in [-0.3, -0.25) is 14.4 Å². The molecule has 0 saturated carbocycles. The summed E-state index contributed by atoms with van der Waals surface area (Å²) < 4.78 is 6.59. The molecule has 0 radical (unpaired) electrons. The second-order valence-corrected chi connectivity index (χ2v) is 4.89. The first-order valence-electron chi connectivity index (χ1n) is 6.90. The number of aryl methyl sites for hydroxylation is 1. The van der Waals surface area contributed by atoms with Crippen molar-refractivity contribution in [3.63, 3.8) is 0 Å². The molecule has 22 heavy (non-hydrogen) atoms. The predicted octanol–water partition coefficient (Wildman–Crippen LogP) is 2.27. The fraction of sp³-hybridized carbons (Fsp3) is 0.188. The van der Waals surface area contributed by atoms with Crippen LogP contribution in [0.3, 0.4) is 0 Å². The minimum atomic E-state index is -0.380. The average molecular weight is 297 g/mol. The lowest BCUT2D eigenvalue weighted by molar-refractivity contribution is 0.104. The third-order valence-corrected chi connectivity index (χ3v) is 3.47. The second-order valence-electron chi connectivity index (χ2n) is 4.89. The van der Waals surface area contributed by atoms with Crippen LogP contribution < -0.4 is 4.90 Å². The Balaban J connectivity index is 1.80. The molecule has 1 aromatic heterocycles. The van der Waals surface area contributed by atoms with Gasteiger partial charge in [-0.25, -0.2) is 4.79 Å². The number of carbonyl (C=O) groups excluding carboxylic acids is 2. The monoisotopic (exact) mass is 297 g/mol. The zero-order valence-electron chi connectivity index (χ0n) is 12.1. The van der Waals surface area contributed by atoms with Gasteiger partial charge in [-0.1, -0.05) is 12.1 Å². The van der Waals surface area contributed by atoms with Gasteiger partial charge in [-0.2, -0.15) is 5.10 Å². The van der Waals surface area contributed by atoms with Crippen molar-refractivity contribution in [2.24, 2.45) is 7.05 Å². The largest absolute Gasteiger partial charge is 0.447 e. The summed E-state index contributed by atoms with van der Waals surface area (Å²) in [6, 6.07) is 8.78. The standard InChI is InChI=1S/C16H15N3O3/c1-18-13(7-8-17-18)5-6-15(20)12-3-2-4-14(11-12)19-9-10-22-16(19)21/h2-8,11H,9-10H2,1H3/b6-5-. The number of nitrogens with zero attached hydrogens (tertiary/aromatic N) is 3. The molecule has 1 aliphatic rings. The number of ether oxygens (including phenoxy) is 1. The summed E-state index contributed by atoms with van der Waals surface area (Å²) >= 11 is 0. The number of benzene rings is 1. The zero-order chi connectivity index (χ0) is 15.5. The Hall–Kier alpha value is -2.89. The number of cyclic esters (lactones) is 1. The normalized spacial score (nSPS) is 14.6. The molecule has 1 saturated heterocycles. The molecule has 0 spiro atoms. The lowest BCUT2D eigenvalue weighted by Crippen LogP contribution is -2.23. The number of carbonyl (C=O) groups is 2. The predicted molar refractivity (Wildman–Crippen MR) is 81.7 cm³/mol. The molecule has 1 aromatic carbocycles. The van der Waals surface area contributed by atoms with E-state index in [-0.39, 0.29) is 11.9 Å². The third kappa shape index (κ3) is 2.76. The first-order chi connectivity index (χ1) is 10.6. The Kier molecular flexibility index (Phi) is 3.74. The Labute approximate surface area is 127 Å². The molecule has 6 nitrogen and oxygen atoms in total. The molecule has 0 unspecified atom stereocenters. The molecule has 112 valence electrons. The molecule has 1 aliphatic heterocycles. The molecule has 3 rings (SSSR count). The summed E-state index contributed by atoms with van der Waals surface area (Å²) in [5.41, 5.74) is 2.03. The van der Waals surface area contributed by atoms with Crippen molar-refractivity contribution < 1.29 is 14.3 Å². The van der Waals surface area contributed by atoms with Gasteiger partial charge >= 0.3 is 6.09 Å². The van der Waals surface area contributed by atoms with Crippen LogP contribution in [0.25, 0.3) is 6.08 Å². The summed E-state index contributed by atoms with van der Waals surface area (Å²) in [7, 11) is 1.81. The Morgan fingerprint density at radius 3 is 2.91 bits per heavy atom. The van der Waals surface area contributed by atoms with Crippen molar-refractivity contribution in [2.75, 3.05) is 18.1 Å². The van der Waals surface area contributed by atoms with E-state index in [9.17, 15) is 9.59 Å². The number of aromatic nitrogens is 2. The fourth-order valence-corrected chi connectivity index (χ4v) is 2.26. The van der Waals surface area contributed by atoms with Crippen LogP contribution in [0.15, 0.2) is 42.6 Å². The van der Waals surface area contributed by atoms with E-state index in [0.29, 0.717) is 24.4 Å². The molecule has 2 heterocycles. The molecule has 0 atom stereocenters. The number of ketones is 1. The lowest BCUT2D eigenvalue weighted by Gasteiger charge is -2.13. The van der Waals surface area contributed by atoms with Crippen LogP contribution in [0.4, 0.5) is 10.5 Å². The summed E-state index contributed by atoms with van der Waals surface area (Å²) in [5, 5.41) is 4.04. The summed E-state index contributed by atoms with van der Waals surface area (Å²) in [4.78, 5) is 25.3. The molecule has 2 aromatic rings. The Morgan fingerprint density at radius 1 is 1.36 bits per heavy atom. The van der Waals surface area contributed by atoms with Gasteiger partial charge in [-0.15, -0.1) is 0 Å². The van der Waals surface area contributed by atoms with E-state index in [1.807, 2.05) is 13.1 Å². The maximum atomic E-state index is 12.2. The Morgan fingerprint density at radius 2 is 2.23 bits per heavy atom. The first-order valence-corrected chi connectivity index (χ1v) is 6.90. The number of hydrogen-bond acceptors (Lipinski definition) is 4. The maximum absolute atomic E-state index is 12.2. The highest BCUT2D eigenvalue weighted by Gasteiger charge is 2.23. The molecule has 1 fully saturated rings. The van der Waals surface area contributed by atoms with Gasteiger partial charge in [0.15, 0.2) is 5.78 Å². The van der Waals surface area contributed by atoms with Crippen LogP contribution in [-0.4, -0.2) is 34.8 Å². The van der Waals surface area contributed by atoms with E-state index in [4.69, 9.17) is 4.74 Å². The topological polar surface area (TPSA) is 64.4 Å². The van der Waals surface area contributed by atoms with Crippen molar-refractivity contribution in [2.45, 2.75) is 0 Å². The number of allylic oxidation sites excluding steroid dienone is 1. The maximum Gasteiger partial charge on any atom is 0.414 e. The SMILES string of the molecule is Cn1nccc1/C=C\C(=O)c1cccc(N2CCOC2=O)c1. The highest BCUT2D eigenvalue weighted by Crippen LogP contribution is 2.20. The van der Waals surface area contributed by atoms with Gasteiger partial charge in [0, 0.05) is 24.5 Å². The van der Waals surface area contributed by atoms with Crippen LogP contribution in [-0.2, 0) is 11.8 Å². The Bertz CT molecular complexity index is 749. The first kappa shape index (κ1) is 14.1. The number of rotatable bonds is 4. The van der Waals surface area contributed by atoms with E-state index in [2.05, 4.69) is 5.10 Å². The van der Waals surface area contributed by atoms with Crippen LogP contribution in [0, 0.1) is 0 Å². The summed E-state index contributed by atoms with van der Waals surface area (Å²) in [6.45, 7) is 0.874. The summed E-state index contributed by atoms with van der Waals surface area (Å²) in [6.07, 6.45) is 4.50. The zero-order valence-corrected chi connectivity index (χ0v) is 12.1. The average Bonchev–Trinajstić information content (AvgIpc) is 3.13. The molecule has 6 heteroatoms. The number of hydrogen-bond donors (Lipinski definition) is 0. The van der Waals surface area contributed by atoms with Crippen LogP contribution in [0.1, 0.15) is 16.1 Å². The molecule has 0 N–H and O–H groups in total. The minimum absolute atomic E-state index is 0.129. The van der Waals surface area contributed by atoms with E-state index >= 15 is 0 Å². The third-order valence-electron chi connectivity index (χ3n) is 3.47. The van der Waals surface area contributed by atoms with E-state index in [1.54, 1.807) is 41.2 Å². The van der Waals surface area contributed by atoms with E-state index in [1.165, 1.54) is 11.0 Å². The van der Waals surface area contributed by atoms with Crippen molar-refractivity contribution >= 4 is 23.6 Å². The van der Waals surface area contributed by atoms with Crippen LogP contribution in [0.5, 0.6) is 0 Å². The van der Waals surface area contributed by atoms with Gasteiger partial charge in [0.25, 0.3) is 0 Å². The van der Waals surface area contributed by atoms with Gasteiger partial charge in [-0.05, 0) is 30.4 Å². The van der Waals surface area contributed by atoms with Gasteiger partial charge < -0.3 is 4.74 Å². The van der Waals surface area contributed by atoms with E-state index in [0.717, 1.165) is 5.69 Å². The minimum Gasteiger partial charge on any atom is -0.447 e. The molecule has 1 amide bonds. The smallest absolute Gasteiger partial charge is 0.414 e. The summed E-state index contributed by atoms with van der Waals surface area (Å²) in [5.74, 6) is -0.129. The van der Waals surface area contributed by atoms with Gasteiger partial charge in [0.2, 0.25) is 0 Å². The number of amides is 1. The van der Waals surface area contributed by atoms with Gasteiger partial charge in [0.1, 0.15) is 6.61 Å². The number of anilines is 1. The van der Waals surface area contributed by atoms with Crippen molar-refractivity contribution in [3.05, 3.63) is 53.9 Å². The van der Waals surface area contributed by atoms with Gasteiger partial charge in [0.05, 0.1) is 12.2 Å². The fourth-order valence-electron chi connectivity index (χ4n) is 2.26. The van der Waals surface area contributed by atoms with Crippen molar-refractivity contribution in [1.82, 2.24) is 9.78 Å². The quantitative estimate of drug-likeness (QED) is 0.641. The highest BCUT2D eigenvalue weighted by molar-refractivity contribution is 6.07. The molecular formula is C16H15N3O3. The van der Waals surface area contributed by atoms with Crippen LogP contribution >= 0.6 is 0 Å².